The lowest BCUT2D eigenvalue weighted by Gasteiger charge is -2.13. The lowest BCUT2D eigenvalue weighted by Crippen LogP contribution is -2.11. The van der Waals surface area contributed by atoms with E-state index in [0.29, 0.717) is 31.1 Å². The molecular formula is C20H22BrClO4. The normalized spacial score (nSPS) is 10.5. The highest BCUT2D eigenvalue weighted by Gasteiger charge is 2.12. The first-order chi connectivity index (χ1) is 12.4. The zero-order chi connectivity index (χ0) is 19.1. The number of hydrogen-bond donors (Lipinski definition) is 0. The monoisotopic (exact) mass is 440 g/mol. The van der Waals surface area contributed by atoms with Crippen LogP contribution in [0.2, 0.25) is 5.02 Å². The predicted octanol–water partition coefficient (Wildman–Crippen LogP) is 5.88. The zero-order valence-corrected chi connectivity index (χ0v) is 17.4. The van der Waals surface area contributed by atoms with Gasteiger partial charge in [0.1, 0.15) is 5.75 Å². The molecule has 2 aromatic carbocycles. The van der Waals surface area contributed by atoms with Crippen LogP contribution >= 0.6 is 27.5 Å². The van der Waals surface area contributed by atoms with Gasteiger partial charge in [0.2, 0.25) is 0 Å². The number of para-hydroxylation sites is 2. The van der Waals surface area contributed by atoms with Crippen molar-refractivity contribution in [2.75, 3.05) is 13.2 Å². The van der Waals surface area contributed by atoms with E-state index < -0.39 is 0 Å². The van der Waals surface area contributed by atoms with Crippen LogP contribution in [0, 0.1) is 13.8 Å². The van der Waals surface area contributed by atoms with Gasteiger partial charge in [0.15, 0.2) is 11.5 Å². The van der Waals surface area contributed by atoms with Crippen molar-refractivity contribution in [3.05, 3.63) is 51.0 Å². The van der Waals surface area contributed by atoms with E-state index in [1.165, 1.54) is 0 Å². The Balaban J connectivity index is 1.85. The van der Waals surface area contributed by atoms with Crippen LogP contribution in [-0.4, -0.2) is 19.2 Å². The van der Waals surface area contributed by atoms with Gasteiger partial charge in [0.25, 0.3) is 0 Å². The summed E-state index contributed by atoms with van der Waals surface area (Å²) in [6.45, 7) is 6.66. The maximum Gasteiger partial charge on any atom is 0.311 e. The fourth-order valence-corrected chi connectivity index (χ4v) is 3.08. The van der Waals surface area contributed by atoms with Gasteiger partial charge in [-0.1, -0.05) is 23.7 Å². The molecule has 0 aliphatic carbocycles. The Hall–Kier alpha value is -1.72. The van der Waals surface area contributed by atoms with Crippen molar-refractivity contribution < 1.29 is 19.0 Å². The third kappa shape index (κ3) is 5.39. The molecule has 6 heteroatoms. The summed E-state index contributed by atoms with van der Waals surface area (Å²) >= 11 is 9.71. The minimum absolute atomic E-state index is 0.254. The third-order valence-corrected chi connectivity index (χ3v) is 5.29. The van der Waals surface area contributed by atoms with Crippen molar-refractivity contribution in [2.45, 2.75) is 33.6 Å². The van der Waals surface area contributed by atoms with Crippen molar-refractivity contribution in [3.63, 3.8) is 0 Å². The fourth-order valence-electron chi connectivity index (χ4n) is 2.39. The van der Waals surface area contributed by atoms with Gasteiger partial charge in [-0.3, -0.25) is 4.79 Å². The summed E-state index contributed by atoms with van der Waals surface area (Å²) in [4.78, 5) is 12.0. The molecule has 0 radical (unpaired) electrons. The average molecular weight is 442 g/mol. The molecule has 140 valence electrons. The Morgan fingerprint density at radius 3 is 2.50 bits per heavy atom. The second-order valence-electron chi connectivity index (χ2n) is 5.75. The summed E-state index contributed by atoms with van der Waals surface area (Å²) in [6.07, 6.45) is 0.798. The predicted molar refractivity (Wildman–Crippen MR) is 107 cm³/mol. The van der Waals surface area contributed by atoms with Crippen LogP contribution in [0.3, 0.4) is 0 Å². The Kier molecular flexibility index (Phi) is 7.79. The Morgan fingerprint density at radius 1 is 1.12 bits per heavy atom. The fraction of sp³-hybridized carbons (Fsp3) is 0.350. The van der Waals surface area contributed by atoms with Crippen LogP contribution in [0.4, 0.5) is 0 Å². The highest BCUT2D eigenvalue weighted by atomic mass is 79.9. The van der Waals surface area contributed by atoms with E-state index in [-0.39, 0.29) is 12.4 Å². The maximum absolute atomic E-state index is 12.0. The zero-order valence-electron chi connectivity index (χ0n) is 15.1. The molecule has 4 nitrogen and oxygen atoms in total. The molecule has 0 aromatic heterocycles. The van der Waals surface area contributed by atoms with Crippen LogP contribution in [0.5, 0.6) is 17.2 Å². The molecule has 2 rings (SSSR count). The van der Waals surface area contributed by atoms with Crippen molar-refractivity contribution in [1.82, 2.24) is 0 Å². The number of aryl methyl sites for hydroxylation is 1. The van der Waals surface area contributed by atoms with E-state index in [9.17, 15) is 4.79 Å². The van der Waals surface area contributed by atoms with Gasteiger partial charge in [-0.15, -0.1) is 0 Å². The number of benzene rings is 2. The maximum atomic E-state index is 12.0. The van der Waals surface area contributed by atoms with Gasteiger partial charge in [0, 0.05) is 11.4 Å². The Labute approximate surface area is 167 Å². The van der Waals surface area contributed by atoms with E-state index >= 15 is 0 Å². The summed E-state index contributed by atoms with van der Waals surface area (Å²) in [5.41, 5.74) is 1.89. The van der Waals surface area contributed by atoms with Crippen LogP contribution in [0.15, 0.2) is 34.8 Å². The highest BCUT2D eigenvalue weighted by molar-refractivity contribution is 9.10. The number of ether oxygens (including phenoxy) is 3. The van der Waals surface area contributed by atoms with Crippen molar-refractivity contribution >= 4 is 33.5 Å². The number of halogens is 2. The SMILES string of the molecule is CCOc1ccccc1OC(=O)CCCOc1cc(C)c(Cl)c(C)c1Br. The smallest absolute Gasteiger partial charge is 0.311 e. The van der Waals surface area contributed by atoms with E-state index in [1.54, 1.807) is 18.2 Å². The minimum Gasteiger partial charge on any atom is -0.492 e. The molecule has 0 saturated carbocycles. The van der Waals surface area contributed by atoms with Crippen LogP contribution in [0.1, 0.15) is 30.9 Å². The molecule has 0 saturated heterocycles. The number of carbonyl (C=O) groups is 1. The third-order valence-electron chi connectivity index (χ3n) is 3.72. The molecular weight excluding hydrogens is 420 g/mol. The number of carbonyl (C=O) groups excluding carboxylic acids is 1. The lowest BCUT2D eigenvalue weighted by atomic mass is 10.1. The second kappa shape index (κ2) is 9.83. The Morgan fingerprint density at radius 2 is 1.81 bits per heavy atom. The van der Waals surface area contributed by atoms with Crippen molar-refractivity contribution in [3.8, 4) is 17.2 Å². The molecule has 0 N–H and O–H groups in total. The topological polar surface area (TPSA) is 44.8 Å². The van der Waals surface area contributed by atoms with Crippen LogP contribution in [-0.2, 0) is 4.79 Å². The molecule has 0 unspecified atom stereocenters. The van der Waals surface area contributed by atoms with Crippen molar-refractivity contribution in [1.29, 1.82) is 0 Å². The van der Waals surface area contributed by atoms with E-state index in [0.717, 1.165) is 26.4 Å². The van der Waals surface area contributed by atoms with Gasteiger partial charge in [0.05, 0.1) is 17.7 Å². The van der Waals surface area contributed by atoms with E-state index in [2.05, 4.69) is 15.9 Å². The average Bonchev–Trinajstić information content (AvgIpc) is 2.63. The largest absolute Gasteiger partial charge is 0.492 e. The molecule has 0 fully saturated rings. The van der Waals surface area contributed by atoms with Crippen LogP contribution < -0.4 is 14.2 Å². The number of hydrogen-bond acceptors (Lipinski definition) is 4. The van der Waals surface area contributed by atoms with Gasteiger partial charge in [-0.05, 0) is 72.4 Å². The molecule has 0 amide bonds. The highest BCUT2D eigenvalue weighted by Crippen LogP contribution is 2.35. The second-order valence-corrected chi connectivity index (χ2v) is 6.92. The molecule has 2 aromatic rings. The molecule has 0 spiro atoms. The Bertz CT molecular complexity index is 777. The quantitative estimate of drug-likeness (QED) is 0.291. The van der Waals surface area contributed by atoms with E-state index in [1.807, 2.05) is 32.9 Å². The molecule has 0 heterocycles. The van der Waals surface area contributed by atoms with Gasteiger partial charge in [-0.25, -0.2) is 0 Å². The first-order valence-corrected chi connectivity index (χ1v) is 9.61. The first kappa shape index (κ1) is 20.6. The van der Waals surface area contributed by atoms with E-state index in [4.69, 9.17) is 25.8 Å². The summed E-state index contributed by atoms with van der Waals surface area (Å²) in [5.74, 6) is 1.41. The summed E-state index contributed by atoms with van der Waals surface area (Å²) < 4.78 is 17.4. The lowest BCUT2D eigenvalue weighted by molar-refractivity contribution is -0.134. The minimum atomic E-state index is -0.316. The first-order valence-electron chi connectivity index (χ1n) is 8.44. The molecule has 26 heavy (non-hydrogen) atoms. The van der Waals surface area contributed by atoms with Gasteiger partial charge < -0.3 is 14.2 Å². The molecule has 0 aliphatic heterocycles. The summed E-state index contributed by atoms with van der Waals surface area (Å²) in [5, 5.41) is 0.723. The number of esters is 1. The molecule has 0 bridgehead atoms. The van der Waals surface area contributed by atoms with Crippen LogP contribution in [0.25, 0.3) is 0 Å². The van der Waals surface area contributed by atoms with Crippen molar-refractivity contribution in [2.24, 2.45) is 0 Å². The molecule has 0 aliphatic rings. The standard InChI is InChI=1S/C20H22BrClO4/c1-4-24-15-8-5-6-9-16(15)26-18(23)10-7-11-25-17-12-13(2)20(22)14(3)19(17)21/h5-6,8-9,12H,4,7,10-11H2,1-3H3. The number of rotatable bonds is 8. The summed E-state index contributed by atoms with van der Waals surface area (Å²) in [7, 11) is 0. The van der Waals surface area contributed by atoms with Gasteiger partial charge >= 0.3 is 5.97 Å². The van der Waals surface area contributed by atoms with Gasteiger partial charge in [-0.2, -0.15) is 0 Å². The summed E-state index contributed by atoms with van der Waals surface area (Å²) in [6, 6.07) is 9.02. The molecule has 0 atom stereocenters.